The maximum atomic E-state index is 13.3. The number of halogens is 2. The van der Waals surface area contributed by atoms with E-state index < -0.39 is 21.7 Å². The van der Waals surface area contributed by atoms with Crippen LogP contribution in [0.5, 0.6) is 0 Å². The molecule has 0 radical (unpaired) electrons. The van der Waals surface area contributed by atoms with E-state index in [1.807, 2.05) is 11.8 Å². The number of rotatable bonds is 5. The highest BCUT2D eigenvalue weighted by Gasteiger charge is 2.29. The van der Waals surface area contributed by atoms with Gasteiger partial charge >= 0.3 is 0 Å². The Balaban J connectivity index is 1.94. The van der Waals surface area contributed by atoms with Crippen molar-refractivity contribution in [2.45, 2.75) is 31.6 Å². The first-order chi connectivity index (χ1) is 13.2. The Morgan fingerprint density at radius 3 is 2.68 bits per heavy atom. The fourth-order valence-electron chi connectivity index (χ4n) is 2.91. The zero-order valence-corrected chi connectivity index (χ0v) is 16.9. The van der Waals surface area contributed by atoms with Crippen molar-refractivity contribution in [1.29, 1.82) is 0 Å². The van der Waals surface area contributed by atoms with Gasteiger partial charge in [-0.1, -0.05) is 24.9 Å². The smallest absolute Gasteiger partial charge is 0.286 e. The number of fused-ring (bicyclic) bond motifs is 1. The lowest BCUT2D eigenvalue weighted by molar-refractivity contribution is 0.102. The van der Waals surface area contributed by atoms with Gasteiger partial charge in [0.05, 0.1) is 10.7 Å². The summed E-state index contributed by atoms with van der Waals surface area (Å²) in [7, 11) is -3.89. The molecule has 0 unspecified atom stereocenters. The molecule has 2 aromatic carbocycles. The van der Waals surface area contributed by atoms with E-state index in [2.05, 4.69) is 9.71 Å². The maximum Gasteiger partial charge on any atom is 0.286 e. The number of benzene rings is 2. The summed E-state index contributed by atoms with van der Waals surface area (Å²) in [5, 5.41) is 2.46. The summed E-state index contributed by atoms with van der Waals surface area (Å²) in [4.78, 5) is 14.4. The molecular formula is C19H19ClFN3O3S. The van der Waals surface area contributed by atoms with Crippen molar-refractivity contribution >= 4 is 44.7 Å². The summed E-state index contributed by atoms with van der Waals surface area (Å²) in [5.74, 6) is -0.730. The van der Waals surface area contributed by atoms with Gasteiger partial charge < -0.3 is 10.2 Å². The first-order valence-electron chi connectivity index (χ1n) is 8.72. The summed E-state index contributed by atoms with van der Waals surface area (Å²) in [5.41, 5.74) is 0.950. The van der Waals surface area contributed by atoms with E-state index in [0.717, 1.165) is 18.9 Å². The third-order valence-electron chi connectivity index (χ3n) is 4.35. The minimum absolute atomic E-state index is 0.0148. The number of amidine groups is 1. The van der Waals surface area contributed by atoms with Gasteiger partial charge in [0.25, 0.3) is 15.9 Å². The second kappa shape index (κ2) is 7.89. The van der Waals surface area contributed by atoms with Gasteiger partial charge in [0.2, 0.25) is 0 Å². The fourth-order valence-corrected chi connectivity index (χ4v) is 4.35. The molecule has 148 valence electrons. The molecule has 1 aliphatic heterocycles. The number of hydrogen-bond donors (Lipinski definition) is 1. The molecule has 0 spiro atoms. The number of nitrogens with zero attached hydrogens (tertiary/aromatic N) is 2. The van der Waals surface area contributed by atoms with E-state index >= 15 is 0 Å². The molecule has 1 heterocycles. The van der Waals surface area contributed by atoms with Crippen LogP contribution in [0.15, 0.2) is 45.7 Å². The minimum atomic E-state index is -3.89. The number of carbonyl (C=O) groups excluding carboxylic acids is 1. The van der Waals surface area contributed by atoms with E-state index in [0.29, 0.717) is 23.8 Å². The Bertz CT molecular complexity index is 1070. The monoisotopic (exact) mass is 423 g/mol. The Labute approximate surface area is 168 Å². The van der Waals surface area contributed by atoms with Crippen LogP contribution in [0, 0.1) is 5.82 Å². The Kier molecular flexibility index (Phi) is 5.71. The Morgan fingerprint density at radius 2 is 2.00 bits per heavy atom. The molecule has 0 aliphatic carbocycles. The summed E-state index contributed by atoms with van der Waals surface area (Å²) in [6.07, 6.45) is 1.83. The average Bonchev–Trinajstić information content (AvgIpc) is 2.64. The lowest BCUT2D eigenvalue weighted by atomic mass is 10.1. The first kappa shape index (κ1) is 20.3. The van der Waals surface area contributed by atoms with Crippen molar-refractivity contribution in [2.75, 3.05) is 16.8 Å². The molecule has 0 atom stereocenters. The first-order valence-corrected chi connectivity index (χ1v) is 10.5. The lowest BCUT2D eigenvalue weighted by Crippen LogP contribution is -2.34. The normalized spacial score (nSPS) is 15.0. The summed E-state index contributed by atoms with van der Waals surface area (Å²) in [6.45, 7) is 4.33. The van der Waals surface area contributed by atoms with E-state index in [-0.39, 0.29) is 15.5 Å². The van der Waals surface area contributed by atoms with Gasteiger partial charge in [0.15, 0.2) is 0 Å². The molecule has 3 rings (SSSR count). The average molecular weight is 424 g/mol. The van der Waals surface area contributed by atoms with Crippen LogP contribution < -0.4 is 10.2 Å². The van der Waals surface area contributed by atoms with Gasteiger partial charge in [-0.05, 0) is 49.7 Å². The van der Waals surface area contributed by atoms with Crippen LogP contribution in [0.25, 0.3) is 0 Å². The van der Waals surface area contributed by atoms with Crippen LogP contribution in [0.3, 0.4) is 0 Å². The van der Waals surface area contributed by atoms with Crippen LogP contribution in [-0.2, 0) is 10.0 Å². The van der Waals surface area contributed by atoms with Gasteiger partial charge in [-0.25, -0.2) is 4.39 Å². The van der Waals surface area contributed by atoms with Gasteiger partial charge in [-0.15, -0.1) is 4.40 Å². The van der Waals surface area contributed by atoms with Crippen LogP contribution in [-0.4, -0.2) is 26.7 Å². The highest BCUT2D eigenvalue weighted by atomic mass is 35.5. The summed E-state index contributed by atoms with van der Waals surface area (Å²) < 4.78 is 42.1. The number of unbranched alkanes of at least 4 members (excludes halogenated alkanes) is 1. The van der Waals surface area contributed by atoms with Gasteiger partial charge in [0, 0.05) is 17.8 Å². The van der Waals surface area contributed by atoms with Gasteiger partial charge in [0.1, 0.15) is 16.5 Å². The fraction of sp³-hybridized carbons (Fsp3) is 0.263. The van der Waals surface area contributed by atoms with Crippen molar-refractivity contribution < 1.29 is 17.6 Å². The summed E-state index contributed by atoms with van der Waals surface area (Å²) in [6, 6.07) is 8.25. The number of hydrogen-bond acceptors (Lipinski definition) is 4. The minimum Gasteiger partial charge on any atom is -0.328 e. The van der Waals surface area contributed by atoms with Crippen molar-refractivity contribution in [1.82, 2.24) is 0 Å². The summed E-state index contributed by atoms with van der Waals surface area (Å²) >= 11 is 5.72. The molecule has 0 saturated heterocycles. The second-order valence-electron chi connectivity index (χ2n) is 6.38. The van der Waals surface area contributed by atoms with Crippen molar-refractivity contribution in [3.05, 3.63) is 52.8 Å². The van der Waals surface area contributed by atoms with Crippen LogP contribution >= 0.6 is 11.6 Å². The molecule has 1 aliphatic rings. The molecule has 0 bridgehead atoms. The van der Waals surface area contributed by atoms with Crippen molar-refractivity contribution in [2.24, 2.45) is 4.40 Å². The zero-order chi connectivity index (χ0) is 20.5. The largest absolute Gasteiger partial charge is 0.328 e. The third kappa shape index (κ3) is 4.02. The molecule has 28 heavy (non-hydrogen) atoms. The standard InChI is InChI=1S/C19H19ClFN3O3S/c1-3-4-9-24-12(2)23-28(26,27)18-10-13(5-8-17(18)24)19(25)22-14-6-7-16(21)15(20)11-14/h5-8,10-11H,3-4,9H2,1-2H3,(H,22,25). The van der Waals surface area contributed by atoms with Crippen molar-refractivity contribution in [3.63, 3.8) is 0 Å². The van der Waals surface area contributed by atoms with Crippen LogP contribution in [0.4, 0.5) is 15.8 Å². The second-order valence-corrected chi connectivity index (χ2v) is 8.36. The molecule has 2 aromatic rings. The van der Waals surface area contributed by atoms with Crippen molar-refractivity contribution in [3.8, 4) is 0 Å². The highest BCUT2D eigenvalue weighted by molar-refractivity contribution is 7.90. The van der Waals surface area contributed by atoms with E-state index in [4.69, 9.17) is 11.6 Å². The van der Waals surface area contributed by atoms with E-state index in [9.17, 15) is 17.6 Å². The molecule has 1 N–H and O–H groups in total. The van der Waals surface area contributed by atoms with Crippen LogP contribution in [0.2, 0.25) is 5.02 Å². The molecule has 9 heteroatoms. The molecule has 6 nitrogen and oxygen atoms in total. The quantitative estimate of drug-likeness (QED) is 0.770. The number of carbonyl (C=O) groups is 1. The number of sulfonamides is 1. The molecular weight excluding hydrogens is 405 g/mol. The molecule has 0 fully saturated rings. The SMILES string of the molecule is CCCCN1C(C)=NS(=O)(=O)c2cc(C(=O)Nc3ccc(F)c(Cl)c3)ccc21. The van der Waals surface area contributed by atoms with Gasteiger partial charge in [-0.2, -0.15) is 8.42 Å². The topological polar surface area (TPSA) is 78.8 Å². The number of anilines is 2. The molecule has 1 amide bonds. The molecule has 0 saturated carbocycles. The predicted molar refractivity (Wildman–Crippen MR) is 108 cm³/mol. The molecule has 0 aromatic heterocycles. The van der Waals surface area contributed by atoms with E-state index in [1.165, 1.54) is 18.2 Å². The Hall–Kier alpha value is -2.45. The lowest BCUT2D eigenvalue weighted by Gasteiger charge is -2.29. The number of nitrogens with one attached hydrogen (secondary N) is 1. The van der Waals surface area contributed by atoms with Gasteiger partial charge in [-0.3, -0.25) is 4.79 Å². The zero-order valence-electron chi connectivity index (χ0n) is 15.4. The maximum absolute atomic E-state index is 13.3. The predicted octanol–water partition coefficient (Wildman–Crippen LogP) is 4.46. The van der Waals surface area contributed by atoms with Crippen LogP contribution in [0.1, 0.15) is 37.0 Å². The number of amides is 1. The van der Waals surface area contributed by atoms with E-state index in [1.54, 1.807) is 19.1 Å². The third-order valence-corrected chi connectivity index (χ3v) is 6.02. The highest BCUT2D eigenvalue weighted by Crippen LogP contribution is 2.33. The Morgan fingerprint density at radius 1 is 1.25 bits per heavy atom.